The van der Waals surface area contributed by atoms with Crippen molar-refractivity contribution in [3.05, 3.63) is 59.4 Å². The van der Waals surface area contributed by atoms with Crippen LogP contribution < -0.4 is 9.46 Å². The number of hydrogen-bond acceptors (Lipinski definition) is 5. The number of alkyl halides is 3. The highest BCUT2D eigenvalue weighted by atomic mass is 32.2. The number of nitrogens with one attached hydrogen (secondary N) is 1. The van der Waals surface area contributed by atoms with Crippen LogP contribution in [-0.4, -0.2) is 20.7 Å². The van der Waals surface area contributed by atoms with Gasteiger partial charge < -0.3 is 9.26 Å². The molecule has 1 aromatic heterocycles. The molecule has 0 bridgehead atoms. The zero-order valence-corrected chi connectivity index (χ0v) is 16.5. The monoisotopic (exact) mass is 426 g/mol. The molecule has 0 spiro atoms. The van der Waals surface area contributed by atoms with E-state index in [0.717, 1.165) is 11.1 Å². The molecule has 0 saturated carbocycles. The lowest BCUT2D eigenvalue weighted by atomic mass is 10.1. The van der Waals surface area contributed by atoms with Gasteiger partial charge in [-0.05, 0) is 55.3 Å². The molecule has 10 heteroatoms. The maximum atomic E-state index is 12.9. The summed E-state index contributed by atoms with van der Waals surface area (Å²) in [6, 6.07) is 9.68. The van der Waals surface area contributed by atoms with Gasteiger partial charge in [0.05, 0.1) is 7.11 Å². The topological polar surface area (TPSA) is 81.4 Å². The molecule has 0 aliphatic rings. The fourth-order valence-electron chi connectivity index (χ4n) is 2.61. The highest BCUT2D eigenvalue weighted by Gasteiger charge is 2.36. The molecule has 2 aromatic carbocycles. The molecule has 0 atom stereocenters. The minimum absolute atomic E-state index is 0.0321. The van der Waals surface area contributed by atoms with E-state index in [1.54, 1.807) is 18.2 Å². The van der Waals surface area contributed by atoms with E-state index >= 15 is 0 Å². The van der Waals surface area contributed by atoms with Gasteiger partial charge in [-0.25, -0.2) is 8.42 Å². The van der Waals surface area contributed by atoms with Crippen LogP contribution in [0.25, 0.3) is 11.3 Å². The van der Waals surface area contributed by atoms with E-state index in [9.17, 15) is 21.6 Å². The fraction of sp³-hybridized carbons (Fsp3) is 0.211. The first-order chi connectivity index (χ1) is 13.5. The van der Waals surface area contributed by atoms with Crippen molar-refractivity contribution in [3.63, 3.8) is 0 Å². The smallest absolute Gasteiger partial charge is 0.452 e. The molecular weight excluding hydrogens is 409 g/mol. The molecule has 1 heterocycles. The summed E-state index contributed by atoms with van der Waals surface area (Å²) < 4.78 is 76.0. The van der Waals surface area contributed by atoms with Crippen molar-refractivity contribution in [1.82, 2.24) is 5.16 Å². The van der Waals surface area contributed by atoms with Gasteiger partial charge in [0, 0.05) is 17.3 Å². The van der Waals surface area contributed by atoms with Gasteiger partial charge in [0.2, 0.25) is 5.76 Å². The van der Waals surface area contributed by atoms with Crippen LogP contribution in [0, 0.1) is 13.8 Å². The van der Waals surface area contributed by atoms with Crippen molar-refractivity contribution in [2.45, 2.75) is 24.9 Å². The first-order valence-corrected chi connectivity index (χ1v) is 9.82. The lowest BCUT2D eigenvalue weighted by Crippen LogP contribution is -2.14. The molecule has 0 unspecified atom stereocenters. The summed E-state index contributed by atoms with van der Waals surface area (Å²) in [5, 5.41) is 3.39. The highest BCUT2D eigenvalue weighted by Crippen LogP contribution is 2.35. The molecule has 0 aliphatic heterocycles. The Balaban J connectivity index is 2.02. The lowest BCUT2D eigenvalue weighted by molar-refractivity contribution is -0.155. The second kappa shape index (κ2) is 7.43. The SMILES string of the molecule is COc1ccc(-c2cc(C(F)(F)F)on2)cc1S(=O)(=O)Nc1ccc(C)c(C)c1. The van der Waals surface area contributed by atoms with E-state index < -0.39 is 22.0 Å². The van der Waals surface area contributed by atoms with Crippen LogP contribution in [0.1, 0.15) is 16.9 Å². The van der Waals surface area contributed by atoms with Crippen molar-refractivity contribution in [3.8, 4) is 17.0 Å². The minimum Gasteiger partial charge on any atom is -0.495 e. The van der Waals surface area contributed by atoms with Crippen molar-refractivity contribution >= 4 is 15.7 Å². The molecule has 154 valence electrons. The minimum atomic E-state index is -4.70. The zero-order chi connectivity index (χ0) is 21.4. The van der Waals surface area contributed by atoms with E-state index in [1.165, 1.54) is 25.3 Å². The second-order valence-corrected chi connectivity index (χ2v) is 8.00. The van der Waals surface area contributed by atoms with Gasteiger partial charge in [0.1, 0.15) is 16.3 Å². The number of ether oxygens (including phenoxy) is 1. The highest BCUT2D eigenvalue weighted by molar-refractivity contribution is 7.92. The average Bonchev–Trinajstić information content (AvgIpc) is 3.14. The summed E-state index contributed by atoms with van der Waals surface area (Å²) in [5.74, 6) is -1.24. The predicted octanol–water partition coefficient (Wildman–Crippen LogP) is 4.79. The first-order valence-electron chi connectivity index (χ1n) is 8.33. The number of nitrogens with zero attached hydrogens (tertiary/aromatic N) is 1. The molecule has 0 fully saturated rings. The Kier molecular flexibility index (Phi) is 5.31. The number of rotatable bonds is 5. The summed E-state index contributed by atoms with van der Waals surface area (Å²) in [6.45, 7) is 3.74. The number of methoxy groups -OCH3 is 1. The van der Waals surface area contributed by atoms with Gasteiger partial charge in [-0.3, -0.25) is 4.72 Å². The zero-order valence-electron chi connectivity index (χ0n) is 15.7. The lowest BCUT2D eigenvalue weighted by Gasteiger charge is -2.13. The quantitative estimate of drug-likeness (QED) is 0.635. The third-order valence-electron chi connectivity index (χ3n) is 4.30. The van der Waals surface area contributed by atoms with Crippen LogP contribution in [0.2, 0.25) is 0 Å². The van der Waals surface area contributed by atoms with Crippen LogP contribution >= 0.6 is 0 Å². The third-order valence-corrected chi connectivity index (χ3v) is 5.70. The predicted molar refractivity (Wildman–Crippen MR) is 100 cm³/mol. The fourth-order valence-corrected chi connectivity index (χ4v) is 3.85. The van der Waals surface area contributed by atoms with Gasteiger partial charge in [-0.2, -0.15) is 13.2 Å². The van der Waals surface area contributed by atoms with Crippen LogP contribution in [0.15, 0.2) is 51.9 Å². The van der Waals surface area contributed by atoms with Crippen LogP contribution in [0.3, 0.4) is 0 Å². The molecule has 0 saturated heterocycles. The number of halogens is 3. The summed E-state index contributed by atoms with van der Waals surface area (Å²) in [4.78, 5) is -0.243. The molecule has 1 N–H and O–H groups in total. The van der Waals surface area contributed by atoms with Crippen molar-refractivity contribution < 1.29 is 30.8 Å². The Labute approximate surface area is 165 Å². The second-order valence-electron chi connectivity index (χ2n) is 6.34. The largest absolute Gasteiger partial charge is 0.495 e. The van der Waals surface area contributed by atoms with Crippen LogP contribution in [0.5, 0.6) is 5.75 Å². The Morgan fingerprint density at radius 2 is 1.76 bits per heavy atom. The van der Waals surface area contributed by atoms with Crippen LogP contribution in [-0.2, 0) is 16.2 Å². The summed E-state index contributed by atoms with van der Waals surface area (Å²) in [7, 11) is -2.80. The Morgan fingerprint density at radius 3 is 2.34 bits per heavy atom. The van der Waals surface area contributed by atoms with E-state index in [0.29, 0.717) is 11.8 Å². The van der Waals surface area contributed by atoms with E-state index in [2.05, 4.69) is 14.4 Å². The molecule has 6 nitrogen and oxygen atoms in total. The molecule has 3 rings (SSSR count). The molecule has 29 heavy (non-hydrogen) atoms. The third kappa shape index (κ3) is 4.37. The van der Waals surface area contributed by atoms with Gasteiger partial charge in [-0.1, -0.05) is 11.2 Å². The van der Waals surface area contributed by atoms with E-state index in [4.69, 9.17) is 4.74 Å². The number of hydrogen-bond donors (Lipinski definition) is 1. The van der Waals surface area contributed by atoms with Gasteiger partial charge in [0.25, 0.3) is 10.0 Å². The standard InChI is InChI=1S/C19H17F3N2O4S/c1-11-4-6-14(8-12(11)2)24-29(25,26)17-9-13(5-7-16(17)27-3)15-10-18(28-23-15)19(20,21)22/h4-10,24H,1-3H3. The summed E-state index contributed by atoms with van der Waals surface area (Å²) in [5.41, 5.74) is 2.22. The molecule has 0 amide bonds. The number of anilines is 1. The van der Waals surface area contributed by atoms with E-state index in [1.807, 2.05) is 13.8 Å². The number of sulfonamides is 1. The van der Waals surface area contributed by atoms with Crippen molar-refractivity contribution in [2.24, 2.45) is 0 Å². The van der Waals surface area contributed by atoms with Gasteiger partial charge >= 0.3 is 6.18 Å². The summed E-state index contributed by atoms with van der Waals surface area (Å²) in [6.07, 6.45) is -4.70. The molecule has 0 radical (unpaired) electrons. The van der Waals surface area contributed by atoms with E-state index in [-0.39, 0.29) is 21.9 Å². The number of aromatic nitrogens is 1. The molecule has 3 aromatic rings. The molecular formula is C19H17F3N2O4S. The van der Waals surface area contributed by atoms with Gasteiger partial charge in [-0.15, -0.1) is 0 Å². The Hall–Kier alpha value is -3.01. The Bertz CT molecular complexity index is 1150. The maximum Gasteiger partial charge on any atom is 0.452 e. The number of aryl methyl sites for hydroxylation is 2. The normalized spacial score (nSPS) is 12.1. The number of benzene rings is 2. The average molecular weight is 426 g/mol. The van der Waals surface area contributed by atoms with Gasteiger partial charge in [0.15, 0.2) is 0 Å². The summed E-state index contributed by atoms with van der Waals surface area (Å²) >= 11 is 0. The van der Waals surface area contributed by atoms with Crippen molar-refractivity contribution in [2.75, 3.05) is 11.8 Å². The maximum absolute atomic E-state index is 12.9. The Morgan fingerprint density at radius 1 is 1.03 bits per heavy atom. The van der Waals surface area contributed by atoms with Crippen molar-refractivity contribution in [1.29, 1.82) is 0 Å². The first kappa shape index (κ1) is 20.7. The molecule has 0 aliphatic carbocycles. The van der Waals surface area contributed by atoms with Crippen LogP contribution in [0.4, 0.5) is 18.9 Å².